The first-order valence-electron chi connectivity index (χ1n) is 9.27. The van der Waals surface area contributed by atoms with Crippen molar-refractivity contribution in [1.29, 1.82) is 0 Å². The molecule has 0 spiro atoms. The van der Waals surface area contributed by atoms with Crippen LogP contribution in [-0.2, 0) is 14.8 Å². The summed E-state index contributed by atoms with van der Waals surface area (Å²) < 4.78 is 27.3. The van der Waals surface area contributed by atoms with Crippen LogP contribution < -0.4 is 5.32 Å². The number of hydrogen-bond acceptors (Lipinski definition) is 3. The van der Waals surface area contributed by atoms with E-state index in [2.05, 4.69) is 12.2 Å². The minimum absolute atomic E-state index is 0.132. The maximum atomic E-state index is 12.9. The fourth-order valence-corrected chi connectivity index (χ4v) is 5.49. The van der Waals surface area contributed by atoms with Crippen molar-refractivity contribution in [2.24, 2.45) is 5.92 Å². The number of sulfonamides is 1. The smallest absolute Gasteiger partial charge is 0.243 e. The van der Waals surface area contributed by atoms with Gasteiger partial charge in [0.2, 0.25) is 15.9 Å². The molecule has 1 saturated carbocycles. The van der Waals surface area contributed by atoms with Gasteiger partial charge in [0, 0.05) is 12.6 Å². The van der Waals surface area contributed by atoms with E-state index in [4.69, 9.17) is 0 Å². The average Bonchev–Trinajstić information content (AvgIpc) is 3.08. The first-order chi connectivity index (χ1) is 11.9. The Morgan fingerprint density at radius 3 is 2.36 bits per heavy atom. The summed E-state index contributed by atoms with van der Waals surface area (Å²) in [5, 5.41) is 3.10. The van der Waals surface area contributed by atoms with Gasteiger partial charge in [0.25, 0.3) is 0 Å². The van der Waals surface area contributed by atoms with Crippen LogP contribution in [0.15, 0.2) is 29.2 Å². The molecule has 0 bridgehead atoms. The van der Waals surface area contributed by atoms with Crippen LogP contribution in [0.2, 0.25) is 0 Å². The second-order valence-corrected chi connectivity index (χ2v) is 9.44. The molecule has 6 heteroatoms. The van der Waals surface area contributed by atoms with E-state index in [0.717, 1.165) is 43.6 Å². The molecular formula is C19H28N2O3S. The number of amides is 1. The van der Waals surface area contributed by atoms with Crippen LogP contribution in [-0.4, -0.2) is 37.3 Å². The van der Waals surface area contributed by atoms with Crippen molar-refractivity contribution < 1.29 is 13.2 Å². The largest absolute Gasteiger partial charge is 0.352 e. The Bertz CT molecular complexity index is 707. The van der Waals surface area contributed by atoms with Crippen LogP contribution in [0.25, 0.3) is 0 Å². The molecule has 1 heterocycles. The van der Waals surface area contributed by atoms with E-state index in [1.54, 1.807) is 24.3 Å². The molecule has 1 saturated heterocycles. The highest BCUT2D eigenvalue weighted by atomic mass is 32.2. The maximum Gasteiger partial charge on any atom is 0.243 e. The van der Waals surface area contributed by atoms with Crippen molar-refractivity contribution >= 4 is 15.9 Å². The number of hydrogen-bond donors (Lipinski definition) is 1. The molecule has 5 nitrogen and oxygen atoms in total. The van der Waals surface area contributed by atoms with Crippen LogP contribution in [0.1, 0.15) is 51.0 Å². The van der Waals surface area contributed by atoms with Crippen molar-refractivity contribution in [3.8, 4) is 0 Å². The van der Waals surface area contributed by atoms with Gasteiger partial charge in [-0.2, -0.15) is 4.31 Å². The van der Waals surface area contributed by atoms with Crippen LogP contribution in [0, 0.1) is 12.8 Å². The Morgan fingerprint density at radius 1 is 1.08 bits per heavy atom. The fraction of sp³-hybridized carbons (Fsp3) is 0.632. The number of rotatable bonds is 4. The second kappa shape index (κ2) is 7.46. The SMILES string of the molecule is Cc1ccc(S(=O)(=O)N2CCCC2C(=O)NC2CCC(C)CC2)cc1. The van der Waals surface area contributed by atoms with Crippen molar-refractivity contribution in [2.45, 2.75) is 69.4 Å². The summed E-state index contributed by atoms with van der Waals surface area (Å²) in [6.45, 7) is 4.58. The molecule has 138 valence electrons. The number of nitrogens with zero attached hydrogens (tertiary/aromatic N) is 1. The minimum atomic E-state index is -3.63. The minimum Gasteiger partial charge on any atom is -0.352 e. The standard InChI is InChI=1S/C19H28N2O3S/c1-14-5-9-16(10-6-14)20-19(22)18-4-3-13-21(18)25(23,24)17-11-7-15(2)8-12-17/h7-8,11-12,14,16,18H,3-6,9-10,13H2,1-2H3,(H,20,22). The Morgan fingerprint density at radius 2 is 1.72 bits per heavy atom. The van der Waals surface area contributed by atoms with E-state index < -0.39 is 16.1 Å². The van der Waals surface area contributed by atoms with Gasteiger partial charge < -0.3 is 5.32 Å². The number of aryl methyl sites for hydroxylation is 1. The molecule has 3 rings (SSSR count). The van der Waals surface area contributed by atoms with Gasteiger partial charge in [-0.05, 0) is 63.5 Å². The van der Waals surface area contributed by atoms with Crippen molar-refractivity contribution in [2.75, 3.05) is 6.54 Å². The lowest BCUT2D eigenvalue weighted by Crippen LogP contribution is -2.49. The molecule has 2 fully saturated rings. The van der Waals surface area contributed by atoms with Gasteiger partial charge in [-0.15, -0.1) is 0 Å². The van der Waals surface area contributed by atoms with E-state index in [-0.39, 0.29) is 16.8 Å². The number of carbonyl (C=O) groups is 1. The summed E-state index contributed by atoms with van der Waals surface area (Å²) in [7, 11) is -3.63. The average molecular weight is 365 g/mol. The first-order valence-corrected chi connectivity index (χ1v) is 10.7. The van der Waals surface area contributed by atoms with Crippen molar-refractivity contribution in [3.63, 3.8) is 0 Å². The molecule has 0 aromatic heterocycles. The molecule has 1 aromatic carbocycles. The van der Waals surface area contributed by atoms with Crippen molar-refractivity contribution in [1.82, 2.24) is 9.62 Å². The van der Waals surface area contributed by atoms with Crippen LogP contribution in [0.3, 0.4) is 0 Å². The number of benzene rings is 1. The molecule has 25 heavy (non-hydrogen) atoms. The second-order valence-electron chi connectivity index (χ2n) is 7.55. The quantitative estimate of drug-likeness (QED) is 0.893. The molecule has 1 amide bonds. The van der Waals surface area contributed by atoms with Gasteiger partial charge in [0.15, 0.2) is 0 Å². The normalized spacial score (nSPS) is 28.0. The fourth-order valence-electron chi connectivity index (χ4n) is 3.84. The van der Waals surface area contributed by atoms with Gasteiger partial charge in [-0.3, -0.25) is 4.79 Å². The van der Waals surface area contributed by atoms with Crippen LogP contribution in [0.5, 0.6) is 0 Å². The van der Waals surface area contributed by atoms with Crippen LogP contribution in [0.4, 0.5) is 0 Å². The van der Waals surface area contributed by atoms with Gasteiger partial charge >= 0.3 is 0 Å². The molecule has 1 atom stereocenters. The first kappa shape index (κ1) is 18.4. The zero-order valence-corrected chi connectivity index (χ0v) is 15.9. The van der Waals surface area contributed by atoms with E-state index in [0.29, 0.717) is 13.0 Å². The third-order valence-corrected chi connectivity index (χ3v) is 7.42. The Hall–Kier alpha value is -1.40. The maximum absolute atomic E-state index is 12.9. The summed E-state index contributed by atoms with van der Waals surface area (Å²) in [6, 6.07) is 6.45. The molecule has 1 aliphatic carbocycles. The molecule has 1 N–H and O–H groups in total. The zero-order chi connectivity index (χ0) is 18.0. The predicted octanol–water partition coefficient (Wildman–Crippen LogP) is 2.84. The van der Waals surface area contributed by atoms with Gasteiger partial charge in [-0.1, -0.05) is 24.6 Å². The highest BCUT2D eigenvalue weighted by Crippen LogP contribution is 2.28. The van der Waals surface area contributed by atoms with E-state index in [9.17, 15) is 13.2 Å². The molecule has 1 aromatic rings. The topological polar surface area (TPSA) is 66.5 Å². The predicted molar refractivity (Wildman–Crippen MR) is 97.7 cm³/mol. The third-order valence-electron chi connectivity index (χ3n) is 5.50. The summed E-state index contributed by atoms with van der Waals surface area (Å²) in [4.78, 5) is 13.0. The number of carbonyl (C=O) groups excluding carboxylic acids is 1. The van der Waals surface area contributed by atoms with E-state index in [1.807, 2.05) is 6.92 Å². The zero-order valence-electron chi connectivity index (χ0n) is 15.1. The monoisotopic (exact) mass is 364 g/mol. The molecule has 1 unspecified atom stereocenters. The summed E-state index contributed by atoms with van der Waals surface area (Å²) in [5.74, 6) is 0.589. The molecular weight excluding hydrogens is 336 g/mol. The molecule has 2 aliphatic rings. The van der Waals surface area contributed by atoms with Gasteiger partial charge in [-0.25, -0.2) is 8.42 Å². The van der Waals surface area contributed by atoms with E-state index >= 15 is 0 Å². The Balaban J connectivity index is 1.71. The van der Waals surface area contributed by atoms with Crippen LogP contribution >= 0.6 is 0 Å². The number of nitrogens with one attached hydrogen (secondary N) is 1. The van der Waals surface area contributed by atoms with Gasteiger partial charge in [0.05, 0.1) is 4.90 Å². The lowest BCUT2D eigenvalue weighted by molar-refractivity contribution is -0.125. The third kappa shape index (κ3) is 4.06. The lowest BCUT2D eigenvalue weighted by atomic mass is 9.87. The summed E-state index contributed by atoms with van der Waals surface area (Å²) >= 11 is 0. The Labute approximate surface area is 150 Å². The highest BCUT2D eigenvalue weighted by molar-refractivity contribution is 7.89. The lowest BCUT2D eigenvalue weighted by Gasteiger charge is -2.30. The van der Waals surface area contributed by atoms with E-state index in [1.165, 1.54) is 4.31 Å². The highest BCUT2D eigenvalue weighted by Gasteiger charge is 2.40. The van der Waals surface area contributed by atoms with Crippen molar-refractivity contribution in [3.05, 3.63) is 29.8 Å². The summed E-state index contributed by atoms with van der Waals surface area (Å²) in [6.07, 6.45) is 5.56. The summed E-state index contributed by atoms with van der Waals surface area (Å²) in [5.41, 5.74) is 1.01. The molecule has 0 radical (unpaired) electrons. The molecule has 1 aliphatic heterocycles. The Kier molecular flexibility index (Phi) is 5.49. The van der Waals surface area contributed by atoms with Gasteiger partial charge in [0.1, 0.15) is 6.04 Å².